The molecule has 7 nitrogen and oxygen atoms in total. The van der Waals surface area contributed by atoms with Crippen LogP contribution in [0.2, 0.25) is 0 Å². The maximum Gasteiger partial charge on any atom is 0.232 e. The van der Waals surface area contributed by atoms with E-state index in [1.54, 1.807) is 43.7 Å². The minimum Gasteiger partial charge on any atom is -0.345 e. The predicted octanol–water partition coefficient (Wildman–Crippen LogP) is 4.29. The van der Waals surface area contributed by atoms with Gasteiger partial charge in [0, 0.05) is 41.3 Å². The van der Waals surface area contributed by atoms with Gasteiger partial charge in [0.1, 0.15) is 11.5 Å². The fourth-order valence-corrected chi connectivity index (χ4v) is 4.49. The molecule has 1 aromatic carbocycles. The number of nitrogens with one attached hydrogen (secondary N) is 2. The first-order valence-electron chi connectivity index (χ1n) is 9.71. The summed E-state index contributed by atoms with van der Waals surface area (Å²) in [5.41, 5.74) is 0.534. The molecule has 2 N–H and O–H groups in total. The second-order valence-electron chi connectivity index (χ2n) is 7.09. The van der Waals surface area contributed by atoms with E-state index in [0.717, 1.165) is 17.7 Å². The van der Waals surface area contributed by atoms with Gasteiger partial charge in [0.2, 0.25) is 15.8 Å². The van der Waals surface area contributed by atoms with Crippen molar-refractivity contribution in [1.29, 1.82) is 0 Å². The molecule has 3 aromatic heterocycles. The second-order valence-corrected chi connectivity index (χ2v) is 8.93. The summed E-state index contributed by atoms with van der Waals surface area (Å²) < 4.78 is 55.7. The topological polar surface area (TPSA) is 105 Å². The number of sulfonamides is 1. The average molecular weight is 456 g/mol. The fourth-order valence-electron chi connectivity index (χ4n) is 3.35. The Labute approximate surface area is 182 Å². The van der Waals surface area contributed by atoms with Crippen molar-refractivity contribution in [2.75, 3.05) is 10.5 Å². The summed E-state index contributed by atoms with van der Waals surface area (Å²) in [4.78, 5) is 24.2. The lowest BCUT2D eigenvalue weighted by atomic mass is 10.00. The number of halogens is 2. The maximum absolute atomic E-state index is 15.1. The summed E-state index contributed by atoms with van der Waals surface area (Å²) in [5.74, 6) is -3.55. The largest absolute Gasteiger partial charge is 0.345 e. The minimum atomic E-state index is -3.83. The van der Waals surface area contributed by atoms with E-state index in [-0.39, 0.29) is 11.3 Å². The third-order valence-electron chi connectivity index (χ3n) is 4.85. The Hall–Kier alpha value is -3.66. The number of hydrogen-bond donors (Lipinski definition) is 2. The van der Waals surface area contributed by atoms with Gasteiger partial charge in [0.25, 0.3) is 0 Å². The van der Waals surface area contributed by atoms with E-state index in [2.05, 4.69) is 19.7 Å². The van der Waals surface area contributed by atoms with Crippen LogP contribution in [0.25, 0.3) is 22.2 Å². The maximum atomic E-state index is 15.1. The summed E-state index contributed by atoms with van der Waals surface area (Å²) in [7, 11) is -3.83. The van der Waals surface area contributed by atoms with Crippen molar-refractivity contribution in [3.8, 4) is 11.1 Å². The Morgan fingerprint density at radius 2 is 1.88 bits per heavy atom. The lowest BCUT2D eigenvalue weighted by molar-refractivity contribution is 0.103. The molecule has 0 saturated carbocycles. The molecule has 0 radical (unpaired) electrons. The summed E-state index contributed by atoms with van der Waals surface area (Å²) in [6.07, 6.45) is 6.46. The van der Waals surface area contributed by atoms with Gasteiger partial charge in [-0.05, 0) is 42.3 Å². The number of rotatable bonds is 7. The number of ketones is 1. The molecule has 0 aliphatic carbocycles. The third kappa shape index (κ3) is 4.09. The zero-order valence-electron chi connectivity index (χ0n) is 16.9. The van der Waals surface area contributed by atoms with Gasteiger partial charge in [0.05, 0.1) is 17.0 Å². The van der Waals surface area contributed by atoms with Gasteiger partial charge in [-0.3, -0.25) is 14.5 Å². The minimum absolute atomic E-state index is 0.00905. The van der Waals surface area contributed by atoms with E-state index in [4.69, 9.17) is 0 Å². The summed E-state index contributed by atoms with van der Waals surface area (Å²) in [6, 6.07) is 7.03. The van der Waals surface area contributed by atoms with Crippen molar-refractivity contribution in [2.45, 2.75) is 13.3 Å². The molecule has 4 aromatic rings. The molecule has 0 spiro atoms. The monoisotopic (exact) mass is 456 g/mol. The molecule has 0 fully saturated rings. The first kappa shape index (κ1) is 21.6. The highest BCUT2D eigenvalue weighted by Crippen LogP contribution is 2.29. The van der Waals surface area contributed by atoms with Gasteiger partial charge in [-0.1, -0.05) is 6.92 Å². The Morgan fingerprint density at radius 1 is 1.12 bits per heavy atom. The average Bonchev–Trinajstić information content (AvgIpc) is 3.19. The molecule has 4 rings (SSSR count). The smallest absolute Gasteiger partial charge is 0.232 e. The Bertz CT molecular complexity index is 1420. The van der Waals surface area contributed by atoms with Crippen molar-refractivity contribution in [3.63, 3.8) is 0 Å². The fraction of sp³-hybridized carbons (Fsp3) is 0.136. The highest BCUT2D eigenvalue weighted by molar-refractivity contribution is 7.92. The van der Waals surface area contributed by atoms with Crippen LogP contribution < -0.4 is 4.72 Å². The molecule has 0 aliphatic heterocycles. The van der Waals surface area contributed by atoms with Crippen molar-refractivity contribution < 1.29 is 22.0 Å². The van der Waals surface area contributed by atoms with Crippen molar-refractivity contribution in [3.05, 3.63) is 77.9 Å². The van der Waals surface area contributed by atoms with E-state index in [9.17, 15) is 17.6 Å². The number of pyridine rings is 2. The first-order chi connectivity index (χ1) is 15.3. The van der Waals surface area contributed by atoms with Crippen LogP contribution in [-0.2, 0) is 10.0 Å². The van der Waals surface area contributed by atoms with Gasteiger partial charge in [-0.25, -0.2) is 22.2 Å². The number of aromatic amines is 1. The highest BCUT2D eigenvalue weighted by Gasteiger charge is 2.26. The van der Waals surface area contributed by atoms with Crippen molar-refractivity contribution in [2.24, 2.45) is 0 Å². The number of anilines is 1. The number of nitrogens with zero attached hydrogens (tertiary/aromatic N) is 2. The Balaban J connectivity index is 1.79. The summed E-state index contributed by atoms with van der Waals surface area (Å²) >= 11 is 0. The number of carbonyl (C=O) groups excluding carboxylic acids is 1. The summed E-state index contributed by atoms with van der Waals surface area (Å²) in [5, 5.41) is 0.375. The van der Waals surface area contributed by atoms with Crippen LogP contribution in [-0.4, -0.2) is 34.9 Å². The van der Waals surface area contributed by atoms with E-state index in [1.807, 2.05) is 0 Å². The van der Waals surface area contributed by atoms with Crippen LogP contribution in [0.5, 0.6) is 0 Å². The predicted molar refractivity (Wildman–Crippen MR) is 117 cm³/mol. The van der Waals surface area contributed by atoms with Crippen LogP contribution in [0.3, 0.4) is 0 Å². The van der Waals surface area contributed by atoms with Crippen LogP contribution in [0.4, 0.5) is 14.5 Å². The molecule has 3 heterocycles. The van der Waals surface area contributed by atoms with Gasteiger partial charge in [-0.2, -0.15) is 0 Å². The van der Waals surface area contributed by atoms with E-state index in [0.29, 0.717) is 23.0 Å². The molecule has 0 aliphatic rings. The third-order valence-corrected chi connectivity index (χ3v) is 6.32. The number of fused-ring (bicyclic) bond motifs is 1. The van der Waals surface area contributed by atoms with Gasteiger partial charge in [-0.15, -0.1) is 0 Å². The van der Waals surface area contributed by atoms with Crippen LogP contribution in [0.1, 0.15) is 29.3 Å². The summed E-state index contributed by atoms with van der Waals surface area (Å²) in [6.45, 7) is 1.65. The van der Waals surface area contributed by atoms with Crippen molar-refractivity contribution in [1.82, 2.24) is 15.0 Å². The molecule has 0 amide bonds. The van der Waals surface area contributed by atoms with E-state index in [1.165, 1.54) is 6.20 Å². The van der Waals surface area contributed by atoms with Gasteiger partial charge >= 0.3 is 0 Å². The Morgan fingerprint density at radius 3 is 2.59 bits per heavy atom. The quantitative estimate of drug-likeness (QED) is 0.404. The molecule has 32 heavy (non-hydrogen) atoms. The number of hydrogen-bond acceptors (Lipinski definition) is 5. The molecular formula is C22H18F2N4O3S. The molecular weight excluding hydrogens is 438 g/mol. The molecule has 0 bridgehead atoms. The second kappa shape index (κ2) is 8.46. The number of benzene rings is 1. The highest BCUT2D eigenvalue weighted by atomic mass is 32.2. The zero-order valence-corrected chi connectivity index (χ0v) is 17.7. The van der Waals surface area contributed by atoms with Crippen LogP contribution >= 0.6 is 0 Å². The van der Waals surface area contributed by atoms with E-state index >= 15 is 4.39 Å². The van der Waals surface area contributed by atoms with Crippen LogP contribution in [0.15, 0.2) is 55.1 Å². The van der Waals surface area contributed by atoms with Crippen LogP contribution in [0, 0.1) is 11.6 Å². The Kier molecular flexibility index (Phi) is 5.70. The van der Waals surface area contributed by atoms with Crippen molar-refractivity contribution >= 4 is 32.5 Å². The normalized spacial score (nSPS) is 11.6. The number of carbonyl (C=O) groups is 1. The molecule has 0 unspecified atom stereocenters. The SMILES string of the molecule is CCCS(=O)(=O)Nc1ccc(F)c(C(=O)c2c[nH]c3ncc(-c4ccncc4)cc23)c1F. The standard InChI is InChI=1S/C22H18F2N4O3S/c1-2-9-32(30,31)28-18-4-3-17(23)19(20(18)24)21(29)16-12-27-22-15(16)10-14(11-26-22)13-5-7-25-8-6-13/h3-8,10-12,28H,2,9H2,1H3,(H,26,27). The first-order valence-corrected chi connectivity index (χ1v) is 11.4. The molecule has 10 heteroatoms. The lowest BCUT2D eigenvalue weighted by Crippen LogP contribution is -2.18. The molecule has 0 atom stereocenters. The van der Waals surface area contributed by atoms with E-state index < -0.39 is 38.7 Å². The zero-order chi connectivity index (χ0) is 22.9. The number of H-pyrrole nitrogens is 1. The molecule has 0 saturated heterocycles. The lowest BCUT2D eigenvalue weighted by Gasteiger charge is -2.11. The van der Waals surface area contributed by atoms with Gasteiger partial charge < -0.3 is 4.98 Å². The number of aromatic nitrogens is 3. The van der Waals surface area contributed by atoms with Gasteiger partial charge in [0.15, 0.2) is 5.82 Å². The molecule has 164 valence electrons.